The first-order chi connectivity index (χ1) is 20.2. The predicted octanol–water partition coefficient (Wildman–Crippen LogP) is 7.48. The molecule has 2 heterocycles. The van der Waals surface area contributed by atoms with Gasteiger partial charge in [0.2, 0.25) is 0 Å². The van der Waals surface area contributed by atoms with Crippen molar-refractivity contribution in [3.63, 3.8) is 0 Å². The quantitative estimate of drug-likeness (QED) is 0.0864. The van der Waals surface area contributed by atoms with Crippen molar-refractivity contribution < 1.29 is 30.0 Å². The SMILES string of the molecule is CC(=O)/C=C(/C)O.CC(C)c1cccc(C(C)C)c1B1c2cc(-c3cccc4ccccc34)c[c-]c2-c2ncccc21.[Ir]. The van der Waals surface area contributed by atoms with Crippen molar-refractivity contribution in [1.29, 1.82) is 0 Å². The Morgan fingerprint density at radius 2 is 1.51 bits per heavy atom. The van der Waals surface area contributed by atoms with Crippen LogP contribution in [0.4, 0.5) is 0 Å². The molecule has 0 saturated heterocycles. The Bertz CT molecular complexity index is 1770. The number of hydrogen-bond acceptors (Lipinski definition) is 3. The molecular formula is C38H37BIrNO2-. The van der Waals surface area contributed by atoms with Gasteiger partial charge in [0, 0.05) is 32.4 Å². The van der Waals surface area contributed by atoms with E-state index in [0.29, 0.717) is 11.8 Å². The number of rotatable bonds is 5. The Morgan fingerprint density at radius 1 is 0.860 bits per heavy atom. The maximum atomic E-state index is 10.0. The Balaban J connectivity index is 0.000000475. The van der Waals surface area contributed by atoms with E-state index >= 15 is 0 Å². The summed E-state index contributed by atoms with van der Waals surface area (Å²) in [7, 11) is 0. The summed E-state index contributed by atoms with van der Waals surface area (Å²) in [5.41, 5.74) is 11.6. The van der Waals surface area contributed by atoms with E-state index in [1.165, 1.54) is 69.3 Å². The van der Waals surface area contributed by atoms with Gasteiger partial charge in [0.25, 0.3) is 0 Å². The second kappa shape index (κ2) is 13.7. The first-order valence-corrected chi connectivity index (χ1v) is 14.7. The molecule has 0 fully saturated rings. The van der Waals surface area contributed by atoms with Gasteiger partial charge in [0.15, 0.2) is 12.5 Å². The smallest absolute Gasteiger partial charge is 0.182 e. The van der Waals surface area contributed by atoms with E-state index in [0.717, 1.165) is 11.3 Å². The van der Waals surface area contributed by atoms with Crippen molar-refractivity contribution in [1.82, 2.24) is 4.98 Å². The van der Waals surface area contributed by atoms with Crippen molar-refractivity contribution in [2.24, 2.45) is 0 Å². The third-order valence-corrected chi connectivity index (χ3v) is 7.89. The van der Waals surface area contributed by atoms with Crippen molar-refractivity contribution in [2.45, 2.75) is 53.4 Å². The van der Waals surface area contributed by atoms with Crippen molar-refractivity contribution in [2.75, 3.05) is 0 Å². The molecule has 0 amide bonds. The zero-order chi connectivity index (χ0) is 30.0. The van der Waals surface area contributed by atoms with Gasteiger partial charge in [-0.15, -0.1) is 29.2 Å². The van der Waals surface area contributed by atoms with Gasteiger partial charge < -0.3 is 10.1 Å². The van der Waals surface area contributed by atoms with Crippen LogP contribution in [0.25, 0.3) is 33.2 Å². The summed E-state index contributed by atoms with van der Waals surface area (Å²) < 4.78 is 0. The number of aliphatic hydroxyl groups excluding tert-OH is 1. The summed E-state index contributed by atoms with van der Waals surface area (Å²) in [5, 5.41) is 10.9. The Kier molecular flexibility index (Phi) is 10.2. The molecule has 5 heteroatoms. The number of pyridine rings is 1. The molecule has 1 aromatic heterocycles. The van der Waals surface area contributed by atoms with Crippen molar-refractivity contribution in [3.05, 3.63) is 120 Å². The second-order valence-electron chi connectivity index (χ2n) is 11.7. The molecule has 4 aromatic carbocycles. The Labute approximate surface area is 269 Å². The predicted molar refractivity (Wildman–Crippen MR) is 178 cm³/mol. The summed E-state index contributed by atoms with van der Waals surface area (Å²) in [4.78, 5) is 14.9. The fraction of sp³-hybridized carbons (Fsp3) is 0.211. The maximum Gasteiger partial charge on any atom is 0.182 e. The van der Waals surface area contributed by atoms with Crippen LogP contribution in [-0.4, -0.2) is 22.6 Å². The fourth-order valence-corrected chi connectivity index (χ4v) is 6.15. The summed E-state index contributed by atoms with van der Waals surface area (Å²) in [6.07, 6.45) is 3.08. The number of aliphatic hydroxyl groups is 1. The molecule has 5 aromatic rings. The number of hydrogen-bond donors (Lipinski definition) is 1. The van der Waals surface area contributed by atoms with Crippen LogP contribution >= 0.6 is 0 Å². The molecule has 0 atom stereocenters. The second-order valence-corrected chi connectivity index (χ2v) is 11.7. The number of fused-ring (bicyclic) bond motifs is 4. The van der Waals surface area contributed by atoms with Gasteiger partial charge in [-0.1, -0.05) is 128 Å². The molecule has 0 saturated carbocycles. The van der Waals surface area contributed by atoms with Crippen LogP contribution in [0.3, 0.4) is 0 Å². The first-order valence-electron chi connectivity index (χ1n) is 14.7. The van der Waals surface area contributed by atoms with Crippen LogP contribution < -0.4 is 16.4 Å². The summed E-state index contributed by atoms with van der Waals surface area (Å²) >= 11 is 0. The standard InChI is InChI=1S/C33H29BN.C5H8O2.Ir/c1-21(2)25-13-8-14-26(22(3)4)32(25)34-30-16-9-19-35-33(30)29-18-17-24(20-31(29)34)28-15-7-11-23-10-5-6-12-27(23)28;1-4(6)3-5(2)7;/h5-17,19-22H,1-4H3;3,6H,1-2H3;/q-1;;/b;4-3-;. The monoisotopic (exact) mass is 743 g/mol. The normalized spacial score (nSPS) is 12.0. The summed E-state index contributed by atoms with van der Waals surface area (Å²) in [5.74, 6) is 0.823. The number of carbonyl (C=O) groups is 1. The average molecular weight is 743 g/mol. The number of aromatic nitrogens is 1. The molecule has 0 aliphatic carbocycles. The molecule has 43 heavy (non-hydrogen) atoms. The zero-order valence-electron chi connectivity index (χ0n) is 25.6. The topological polar surface area (TPSA) is 50.2 Å². The minimum atomic E-state index is -0.125. The molecule has 1 radical (unpaired) electrons. The zero-order valence-corrected chi connectivity index (χ0v) is 28.0. The number of nitrogens with zero attached hydrogens (tertiary/aromatic N) is 1. The molecule has 1 N–H and O–H groups in total. The Morgan fingerprint density at radius 3 is 2.14 bits per heavy atom. The van der Waals surface area contributed by atoms with Crippen LogP contribution in [0.1, 0.15) is 64.5 Å². The van der Waals surface area contributed by atoms with E-state index in [2.05, 4.69) is 119 Å². The molecule has 6 rings (SSSR count). The van der Waals surface area contributed by atoms with E-state index in [4.69, 9.17) is 10.1 Å². The molecule has 3 nitrogen and oxygen atoms in total. The number of allylic oxidation sites excluding steroid dienone is 2. The van der Waals surface area contributed by atoms with E-state index in [-0.39, 0.29) is 38.4 Å². The molecule has 0 spiro atoms. The van der Waals surface area contributed by atoms with E-state index < -0.39 is 0 Å². The van der Waals surface area contributed by atoms with Crippen molar-refractivity contribution in [3.8, 4) is 22.4 Å². The first kappa shape index (κ1) is 32.1. The molecule has 219 valence electrons. The van der Waals surface area contributed by atoms with Gasteiger partial charge >= 0.3 is 0 Å². The van der Waals surface area contributed by atoms with E-state index in [1.54, 1.807) is 0 Å². The number of benzene rings is 4. The van der Waals surface area contributed by atoms with Crippen LogP contribution in [-0.2, 0) is 24.9 Å². The largest absolute Gasteiger partial charge is 0.512 e. The molecule has 0 bridgehead atoms. The van der Waals surface area contributed by atoms with Gasteiger partial charge in [0.1, 0.15) is 0 Å². The third kappa shape index (κ3) is 6.59. The minimum Gasteiger partial charge on any atom is -0.512 e. The van der Waals surface area contributed by atoms with Crippen LogP contribution in [0, 0.1) is 6.07 Å². The molecule has 1 aliphatic heterocycles. The minimum absolute atomic E-state index is 0. The van der Waals surface area contributed by atoms with Crippen LogP contribution in [0.5, 0.6) is 0 Å². The third-order valence-electron chi connectivity index (χ3n) is 7.89. The van der Waals surface area contributed by atoms with Crippen LogP contribution in [0.2, 0.25) is 0 Å². The molecule has 1 aliphatic rings. The summed E-state index contributed by atoms with van der Waals surface area (Å²) in [6, 6.07) is 34.6. The number of carbonyl (C=O) groups excluding carboxylic acids is 1. The van der Waals surface area contributed by atoms with E-state index in [9.17, 15) is 4.79 Å². The summed E-state index contributed by atoms with van der Waals surface area (Å²) in [6.45, 7) is 12.2. The van der Waals surface area contributed by atoms with Crippen molar-refractivity contribution >= 4 is 39.7 Å². The van der Waals surface area contributed by atoms with Gasteiger partial charge in [-0.05, 0) is 48.2 Å². The fourth-order valence-electron chi connectivity index (χ4n) is 6.15. The Hall–Kier alpha value is -3.79. The van der Waals surface area contributed by atoms with Gasteiger partial charge in [-0.3, -0.25) is 4.79 Å². The maximum absolute atomic E-state index is 10.0. The molecule has 0 unspecified atom stereocenters. The number of ketones is 1. The molecular weight excluding hydrogens is 705 g/mol. The van der Waals surface area contributed by atoms with E-state index in [1.807, 2.05) is 6.20 Å². The average Bonchev–Trinajstić information content (AvgIpc) is 3.29. The van der Waals surface area contributed by atoms with Gasteiger partial charge in [-0.25, -0.2) is 0 Å². The van der Waals surface area contributed by atoms with Gasteiger partial charge in [-0.2, -0.15) is 0 Å². The van der Waals surface area contributed by atoms with Crippen LogP contribution in [0.15, 0.2) is 103 Å². The van der Waals surface area contributed by atoms with Gasteiger partial charge in [0.05, 0.1) is 5.76 Å².